The smallest absolute Gasteiger partial charge is 0.371 e. The molecule has 17 heavy (non-hydrogen) atoms. The molecule has 1 N–H and O–H groups in total. The third kappa shape index (κ3) is 1.91. The lowest BCUT2D eigenvalue weighted by molar-refractivity contribution is -0.141. The van der Waals surface area contributed by atoms with Crippen LogP contribution in [0.2, 0.25) is 0 Å². The van der Waals surface area contributed by atoms with Crippen molar-refractivity contribution in [2.24, 2.45) is 0 Å². The van der Waals surface area contributed by atoms with E-state index in [0.29, 0.717) is 4.88 Å². The number of ether oxygens (including phenoxy) is 1. The van der Waals surface area contributed by atoms with E-state index in [1.165, 1.54) is 11.3 Å². The summed E-state index contributed by atoms with van der Waals surface area (Å²) in [5.41, 5.74) is -1.21. The van der Waals surface area contributed by atoms with Gasteiger partial charge in [-0.15, -0.1) is 11.3 Å². The highest BCUT2D eigenvalue weighted by Gasteiger charge is 2.45. The van der Waals surface area contributed by atoms with Gasteiger partial charge in [-0.2, -0.15) is 0 Å². The minimum Gasteiger partial charge on any atom is -0.475 e. The van der Waals surface area contributed by atoms with Gasteiger partial charge in [-0.1, -0.05) is 0 Å². The number of aliphatic carboxylic acids is 1. The van der Waals surface area contributed by atoms with Crippen LogP contribution >= 0.6 is 27.3 Å². The number of carbonyl (C=O) groups excluding carboxylic acids is 1. The zero-order chi connectivity index (χ0) is 12.8. The molecule has 1 aromatic heterocycles. The van der Waals surface area contributed by atoms with E-state index in [1.54, 1.807) is 13.0 Å². The number of rotatable bonds is 2. The molecule has 0 saturated carbocycles. The fourth-order valence-electron chi connectivity index (χ4n) is 1.53. The molecule has 1 atom stereocenters. The molecule has 90 valence electrons. The molecule has 0 fully saturated rings. The summed E-state index contributed by atoms with van der Waals surface area (Å²) in [6.07, 6.45) is 1.03. The summed E-state index contributed by atoms with van der Waals surface area (Å²) >= 11 is 4.77. The van der Waals surface area contributed by atoms with E-state index in [2.05, 4.69) is 15.9 Å². The standard InChI is InChI=1S/C11H9BrO4S/c1-5-6(12)3-9(17-5)11(2)8(13)4-7(16-11)10(14)15/h3-4H,1-2H3,(H,14,15). The molecule has 0 spiro atoms. The van der Waals surface area contributed by atoms with Gasteiger partial charge >= 0.3 is 5.97 Å². The number of ketones is 1. The van der Waals surface area contributed by atoms with Crippen molar-refractivity contribution in [2.75, 3.05) is 0 Å². The summed E-state index contributed by atoms with van der Waals surface area (Å²) < 4.78 is 6.17. The number of carboxylic acid groups (broad SMARTS) is 1. The molecule has 1 aliphatic heterocycles. The third-order valence-corrected chi connectivity index (χ3v) is 4.92. The highest BCUT2D eigenvalue weighted by molar-refractivity contribution is 9.10. The van der Waals surface area contributed by atoms with E-state index < -0.39 is 11.6 Å². The maximum atomic E-state index is 11.9. The summed E-state index contributed by atoms with van der Waals surface area (Å²) in [6, 6.07) is 1.79. The van der Waals surface area contributed by atoms with Crippen molar-refractivity contribution in [1.82, 2.24) is 0 Å². The van der Waals surface area contributed by atoms with Crippen LogP contribution in [0.5, 0.6) is 0 Å². The van der Waals surface area contributed by atoms with Gasteiger partial charge in [-0.05, 0) is 35.8 Å². The Labute approximate surface area is 110 Å². The van der Waals surface area contributed by atoms with Crippen LogP contribution in [0.15, 0.2) is 22.4 Å². The molecular weight excluding hydrogens is 308 g/mol. The molecule has 0 saturated heterocycles. The Morgan fingerprint density at radius 1 is 1.59 bits per heavy atom. The fourth-order valence-corrected chi connectivity index (χ4v) is 3.15. The number of thiophene rings is 1. The predicted octanol–water partition coefficient (Wildman–Crippen LogP) is 2.60. The Kier molecular flexibility index (Phi) is 2.87. The molecule has 4 nitrogen and oxygen atoms in total. The first-order chi connectivity index (χ1) is 7.84. The molecule has 1 aromatic rings. The van der Waals surface area contributed by atoms with Gasteiger partial charge in [0.15, 0.2) is 0 Å². The van der Waals surface area contributed by atoms with Crippen LogP contribution in [-0.2, 0) is 19.9 Å². The number of halogens is 1. The van der Waals surface area contributed by atoms with E-state index in [0.717, 1.165) is 15.4 Å². The lowest BCUT2D eigenvalue weighted by Gasteiger charge is -2.21. The Hall–Kier alpha value is -1.14. The number of aryl methyl sites for hydroxylation is 1. The summed E-state index contributed by atoms with van der Waals surface area (Å²) in [5.74, 6) is -1.88. The molecule has 0 aliphatic carbocycles. The largest absolute Gasteiger partial charge is 0.475 e. The first-order valence-corrected chi connectivity index (χ1v) is 6.40. The van der Waals surface area contributed by atoms with E-state index >= 15 is 0 Å². The van der Waals surface area contributed by atoms with Crippen LogP contribution in [-0.4, -0.2) is 16.9 Å². The van der Waals surface area contributed by atoms with Crippen LogP contribution in [0.4, 0.5) is 0 Å². The minimum atomic E-state index is -1.23. The van der Waals surface area contributed by atoms with Gasteiger partial charge < -0.3 is 9.84 Å². The topological polar surface area (TPSA) is 63.6 Å². The van der Waals surface area contributed by atoms with Crippen molar-refractivity contribution in [2.45, 2.75) is 19.4 Å². The quantitative estimate of drug-likeness (QED) is 0.911. The number of hydrogen-bond acceptors (Lipinski definition) is 4. The second kappa shape index (κ2) is 3.96. The van der Waals surface area contributed by atoms with Crippen LogP contribution in [0.3, 0.4) is 0 Å². The Bertz CT molecular complexity index is 526. The van der Waals surface area contributed by atoms with E-state index in [1.807, 2.05) is 6.92 Å². The Balaban J connectivity index is 2.40. The van der Waals surface area contributed by atoms with Crippen LogP contribution in [0.1, 0.15) is 16.7 Å². The summed E-state index contributed by atoms with van der Waals surface area (Å²) in [5, 5.41) is 8.82. The maximum Gasteiger partial charge on any atom is 0.371 e. The van der Waals surface area contributed by atoms with Gasteiger partial charge in [0.25, 0.3) is 0 Å². The van der Waals surface area contributed by atoms with Gasteiger partial charge in [0.2, 0.25) is 17.1 Å². The van der Waals surface area contributed by atoms with E-state index in [-0.39, 0.29) is 11.5 Å². The van der Waals surface area contributed by atoms with Crippen LogP contribution < -0.4 is 0 Å². The van der Waals surface area contributed by atoms with Gasteiger partial charge in [0.05, 0.1) is 4.88 Å². The predicted molar refractivity (Wildman–Crippen MR) is 65.9 cm³/mol. The van der Waals surface area contributed by atoms with Crippen LogP contribution in [0, 0.1) is 6.92 Å². The minimum absolute atomic E-state index is 0.306. The summed E-state index contributed by atoms with van der Waals surface area (Å²) in [7, 11) is 0. The molecule has 0 aromatic carbocycles. The average Bonchev–Trinajstić information content (AvgIpc) is 2.72. The second-order valence-corrected chi connectivity index (χ2v) is 5.94. The lowest BCUT2D eigenvalue weighted by atomic mass is 10.0. The van der Waals surface area contributed by atoms with Crippen molar-refractivity contribution in [3.63, 3.8) is 0 Å². The zero-order valence-corrected chi connectivity index (χ0v) is 11.5. The molecule has 1 unspecified atom stereocenters. The lowest BCUT2D eigenvalue weighted by Crippen LogP contribution is -2.29. The van der Waals surface area contributed by atoms with Crippen LogP contribution in [0.25, 0.3) is 0 Å². The monoisotopic (exact) mass is 316 g/mol. The zero-order valence-electron chi connectivity index (χ0n) is 9.11. The molecule has 2 rings (SSSR count). The number of carbonyl (C=O) groups is 2. The number of hydrogen-bond donors (Lipinski definition) is 1. The van der Waals surface area contributed by atoms with Crippen molar-refractivity contribution < 1.29 is 19.4 Å². The van der Waals surface area contributed by atoms with Gasteiger partial charge in [0, 0.05) is 15.4 Å². The van der Waals surface area contributed by atoms with Crippen molar-refractivity contribution in [3.8, 4) is 0 Å². The number of carboxylic acids is 1. The molecular formula is C11H9BrO4S. The SMILES string of the molecule is Cc1sc(C2(C)OC(C(=O)O)=CC2=O)cc1Br. The van der Waals surface area contributed by atoms with Gasteiger partial charge in [0.1, 0.15) is 0 Å². The Morgan fingerprint density at radius 2 is 2.24 bits per heavy atom. The highest BCUT2D eigenvalue weighted by Crippen LogP contribution is 2.41. The normalized spacial score (nSPS) is 23.5. The first-order valence-electron chi connectivity index (χ1n) is 4.79. The van der Waals surface area contributed by atoms with Gasteiger partial charge in [-0.25, -0.2) is 4.79 Å². The molecule has 1 aliphatic rings. The fraction of sp³-hybridized carbons (Fsp3) is 0.273. The summed E-state index contributed by atoms with van der Waals surface area (Å²) in [6.45, 7) is 3.49. The molecule has 0 bridgehead atoms. The third-order valence-electron chi connectivity index (χ3n) is 2.58. The molecule has 6 heteroatoms. The second-order valence-electron chi connectivity index (χ2n) is 3.83. The van der Waals surface area contributed by atoms with Crippen molar-refractivity contribution >= 4 is 39.0 Å². The van der Waals surface area contributed by atoms with E-state index in [9.17, 15) is 9.59 Å². The van der Waals surface area contributed by atoms with Crippen molar-refractivity contribution in [3.05, 3.63) is 32.1 Å². The maximum absolute atomic E-state index is 11.9. The average molecular weight is 317 g/mol. The first kappa shape index (κ1) is 12.3. The molecule has 0 radical (unpaired) electrons. The molecule has 2 heterocycles. The summed E-state index contributed by atoms with van der Waals surface area (Å²) in [4.78, 5) is 24.4. The highest BCUT2D eigenvalue weighted by atomic mass is 79.9. The van der Waals surface area contributed by atoms with Gasteiger partial charge in [-0.3, -0.25) is 4.79 Å². The molecule has 0 amide bonds. The Morgan fingerprint density at radius 3 is 2.65 bits per heavy atom. The van der Waals surface area contributed by atoms with Crippen molar-refractivity contribution in [1.29, 1.82) is 0 Å². The van der Waals surface area contributed by atoms with E-state index in [4.69, 9.17) is 9.84 Å².